The van der Waals surface area contributed by atoms with Crippen molar-refractivity contribution in [1.82, 2.24) is 9.80 Å². The van der Waals surface area contributed by atoms with E-state index in [2.05, 4.69) is 23.8 Å². The number of piperazine rings is 1. The van der Waals surface area contributed by atoms with Gasteiger partial charge < -0.3 is 9.64 Å². The second-order valence-electron chi connectivity index (χ2n) is 4.01. The zero-order valence-electron chi connectivity index (χ0n) is 8.05. The molecule has 0 saturated carbocycles. The van der Waals surface area contributed by atoms with Crippen LogP contribution in [0.5, 0.6) is 0 Å². The van der Waals surface area contributed by atoms with Crippen molar-refractivity contribution in [2.45, 2.75) is 12.5 Å². The molecule has 2 aliphatic heterocycles. The van der Waals surface area contributed by atoms with Crippen molar-refractivity contribution < 1.29 is 4.74 Å². The zero-order valence-corrected chi connectivity index (χ0v) is 8.05. The van der Waals surface area contributed by atoms with E-state index in [9.17, 15) is 0 Å². The summed E-state index contributed by atoms with van der Waals surface area (Å²) in [5.41, 5.74) is 0.369. The monoisotopic (exact) mass is 170 g/mol. The number of likely N-dealkylation sites (N-methyl/N-ethyl adjacent to an activating group) is 2. The first-order valence-corrected chi connectivity index (χ1v) is 4.78. The van der Waals surface area contributed by atoms with Crippen molar-refractivity contribution >= 4 is 0 Å². The third-order valence-electron chi connectivity index (χ3n) is 3.27. The second-order valence-corrected chi connectivity index (χ2v) is 4.01. The summed E-state index contributed by atoms with van der Waals surface area (Å²) in [5, 5.41) is 0. The van der Waals surface area contributed by atoms with Gasteiger partial charge in [0.05, 0.1) is 18.8 Å². The number of rotatable bonds is 1. The molecule has 0 bridgehead atoms. The highest BCUT2D eigenvalue weighted by atomic mass is 16.5. The highest BCUT2D eigenvalue weighted by molar-refractivity contribution is 5.00. The maximum atomic E-state index is 5.31. The summed E-state index contributed by atoms with van der Waals surface area (Å²) >= 11 is 0. The smallest absolute Gasteiger partial charge is 0.0804 e. The van der Waals surface area contributed by atoms with Crippen LogP contribution in [0.2, 0.25) is 0 Å². The molecule has 2 rings (SSSR count). The van der Waals surface area contributed by atoms with Crippen LogP contribution in [-0.4, -0.2) is 61.8 Å². The normalized spacial score (nSPS) is 30.5. The molecular formula is C9H18N2O. The lowest BCUT2D eigenvalue weighted by atomic mass is 9.92. The van der Waals surface area contributed by atoms with Crippen LogP contribution in [0.4, 0.5) is 0 Å². The minimum atomic E-state index is 0.369. The SMILES string of the molecule is CCN1CCN(C)C2(COC2)C1. The van der Waals surface area contributed by atoms with Gasteiger partial charge in [-0.2, -0.15) is 0 Å². The molecule has 70 valence electrons. The Balaban J connectivity index is 2.00. The highest BCUT2D eigenvalue weighted by Crippen LogP contribution is 2.27. The predicted octanol–water partition coefficient (Wildman–Crippen LogP) is 0.0227. The van der Waals surface area contributed by atoms with Crippen molar-refractivity contribution in [3.05, 3.63) is 0 Å². The molecule has 2 saturated heterocycles. The van der Waals surface area contributed by atoms with E-state index in [1.807, 2.05) is 0 Å². The van der Waals surface area contributed by atoms with Crippen LogP contribution in [0, 0.1) is 0 Å². The van der Waals surface area contributed by atoms with Crippen LogP contribution in [0.15, 0.2) is 0 Å². The van der Waals surface area contributed by atoms with Gasteiger partial charge in [0, 0.05) is 19.6 Å². The molecule has 3 heteroatoms. The Labute approximate surface area is 74.3 Å². The van der Waals surface area contributed by atoms with Gasteiger partial charge in [0.2, 0.25) is 0 Å². The third kappa shape index (κ3) is 1.16. The predicted molar refractivity (Wildman–Crippen MR) is 48.3 cm³/mol. The fourth-order valence-electron chi connectivity index (χ4n) is 2.06. The van der Waals surface area contributed by atoms with Gasteiger partial charge in [-0.05, 0) is 13.6 Å². The molecule has 0 aliphatic carbocycles. The maximum absolute atomic E-state index is 5.31. The molecule has 3 nitrogen and oxygen atoms in total. The molecule has 0 aromatic heterocycles. The molecule has 0 aromatic rings. The van der Waals surface area contributed by atoms with Gasteiger partial charge in [-0.3, -0.25) is 4.90 Å². The number of ether oxygens (including phenoxy) is 1. The van der Waals surface area contributed by atoms with Crippen LogP contribution >= 0.6 is 0 Å². The lowest BCUT2D eigenvalue weighted by molar-refractivity contribution is -0.160. The van der Waals surface area contributed by atoms with E-state index in [4.69, 9.17) is 4.74 Å². The summed E-state index contributed by atoms with van der Waals surface area (Å²) in [6.45, 7) is 8.88. The Morgan fingerprint density at radius 1 is 1.33 bits per heavy atom. The molecule has 0 N–H and O–H groups in total. The van der Waals surface area contributed by atoms with E-state index in [-0.39, 0.29) is 0 Å². The minimum absolute atomic E-state index is 0.369. The average molecular weight is 170 g/mol. The summed E-state index contributed by atoms with van der Waals surface area (Å²) in [4.78, 5) is 4.98. The summed E-state index contributed by atoms with van der Waals surface area (Å²) in [6.07, 6.45) is 0. The zero-order chi connectivity index (χ0) is 8.60. The van der Waals surface area contributed by atoms with Gasteiger partial charge in [-0.1, -0.05) is 6.92 Å². The van der Waals surface area contributed by atoms with Gasteiger partial charge in [-0.25, -0.2) is 0 Å². The van der Waals surface area contributed by atoms with Gasteiger partial charge in [0.15, 0.2) is 0 Å². The van der Waals surface area contributed by atoms with E-state index in [0.29, 0.717) is 5.54 Å². The Kier molecular flexibility index (Phi) is 2.10. The van der Waals surface area contributed by atoms with Gasteiger partial charge in [0.25, 0.3) is 0 Å². The fourth-order valence-corrected chi connectivity index (χ4v) is 2.06. The largest absolute Gasteiger partial charge is 0.377 e. The number of hydrogen-bond donors (Lipinski definition) is 0. The molecule has 12 heavy (non-hydrogen) atoms. The third-order valence-corrected chi connectivity index (χ3v) is 3.27. The summed E-state index contributed by atoms with van der Waals surface area (Å²) in [6, 6.07) is 0. The van der Waals surface area contributed by atoms with E-state index in [1.54, 1.807) is 0 Å². The molecule has 0 aromatic carbocycles. The van der Waals surface area contributed by atoms with Gasteiger partial charge in [0.1, 0.15) is 0 Å². The first kappa shape index (κ1) is 8.48. The molecule has 2 aliphatic rings. The first-order valence-electron chi connectivity index (χ1n) is 4.78. The van der Waals surface area contributed by atoms with Crippen molar-refractivity contribution in [1.29, 1.82) is 0 Å². The Hall–Kier alpha value is -0.120. The van der Waals surface area contributed by atoms with Crippen molar-refractivity contribution in [3.8, 4) is 0 Å². The lowest BCUT2D eigenvalue weighted by Crippen LogP contribution is -2.70. The highest BCUT2D eigenvalue weighted by Gasteiger charge is 2.45. The van der Waals surface area contributed by atoms with Crippen molar-refractivity contribution in [2.75, 3.05) is 46.4 Å². The molecule has 0 amide bonds. The molecular weight excluding hydrogens is 152 g/mol. The Morgan fingerprint density at radius 3 is 2.58 bits per heavy atom. The van der Waals surface area contributed by atoms with Crippen LogP contribution in [0.3, 0.4) is 0 Å². The summed E-state index contributed by atoms with van der Waals surface area (Å²) in [5.74, 6) is 0. The van der Waals surface area contributed by atoms with E-state index >= 15 is 0 Å². The molecule has 1 spiro atoms. The first-order chi connectivity index (χ1) is 5.77. The topological polar surface area (TPSA) is 15.7 Å². The van der Waals surface area contributed by atoms with E-state index < -0.39 is 0 Å². The minimum Gasteiger partial charge on any atom is -0.377 e. The number of nitrogens with zero attached hydrogens (tertiary/aromatic N) is 2. The lowest BCUT2D eigenvalue weighted by Gasteiger charge is -2.53. The Morgan fingerprint density at radius 2 is 2.08 bits per heavy atom. The summed E-state index contributed by atoms with van der Waals surface area (Å²) in [7, 11) is 2.22. The van der Waals surface area contributed by atoms with Gasteiger partial charge in [-0.15, -0.1) is 0 Å². The molecule has 0 unspecified atom stereocenters. The van der Waals surface area contributed by atoms with Crippen LogP contribution in [0.25, 0.3) is 0 Å². The van der Waals surface area contributed by atoms with Crippen molar-refractivity contribution in [2.24, 2.45) is 0 Å². The molecule has 0 atom stereocenters. The molecule has 0 radical (unpaired) electrons. The average Bonchev–Trinajstić information content (AvgIpc) is 2.03. The number of hydrogen-bond acceptors (Lipinski definition) is 3. The maximum Gasteiger partial charge on any atom is 0.0804 e. The van der Waals surface area contributed by atoms with Crippen LogP contribution in [-0.2, 0) is 4.74 Å². The van der Waals surface area contributed by atoms with Crippen LogP contribution < -0.4 is 0 Å². The van der Waals surface area contributed by atoms with E-state index in [1.165, 1.54) is 26.2 Å². The molecule has 2 heterocycles. The van der Waals surface area contributed by atoms with Gasteiger partial charge >= 0.3 is 0 Å². The fraction of sp³-hybridized carbons (Fsp3) is 1.00. The Bertz CT molecular complexity index is 168. The second kappa shape index (κ2) is 2.98. The standard InChI is InChI=1S/C9H18N2O/c1-3-11-5-4-10(2)9(6-11)7-12-8-9/h3-8H2,1-2H3. The molecule has 2 fully saturated rings. The van der Waals surface area contributed by atoms with E-state index in [0.717, 1.165) is 13.2 Å². The van der Waals surface area contributed by atoms with Crippen LogP contribution in [0.1, 0.15) is 6.92 Å². The van der Waals surface area contributed by atoms with Crippen molar-refractivity contribution in [3.63, 3.8) is 0 Å². The quantitative estimate of drug-likeness (QED) is 0.552. The summed E-state index contributed by atoms with van der Waals surface area (Å²) < 4.78 is 5.31.